The normalized spacial score (nSPS) is 11.5. The molecule has 0 atom stereocenters. The molecule has 7 nitrogen and oxygen atoms in total. The van der Waals surface area contributed by atoms with Crippen molar-refractivity contribution in [3.8, 4) is 0 Å². The van der Waals surface area contributed by atoms with E-state index < -0.39 is 16.0 Å². The largest absolute Gasteiger partial charge is 0.478 e. The number of aromatic carboxylic acids is 1. The van der Waals surface area contributed by atoms with Gasteiger partial charge in [0, 0.05) is 0 Å². The molecule has 8 heteroatoms. The van der Waals surface area contributed by atoms with E-state index in [0.29, 0.717) is 28.8 Å². The average Bonchev–Trinajstić information content (AvgIpc) is 3.16. The third-order valence-corrected chi connectivity index (χ3v) is 6.62. The molecule has 1 N–H and O–H groups in total. The van der Waals surface area contributed by atoms with Crippen molar-refractivity contribution in [2.45, 2.75) is 25.2 Å². The molecule has 1 heterocycles. The number of carboxylic acids is 1. The van der Waals surface area contributed by atoms with E-state index in [1.54, 1.807) is 42.5 Å². The Morgan fingerprint density at radius 1 is 1.06 bits per heavy atom. The number of para-hydroxylation sites is 1. The summed E-state index contributed by atoms with van der Waals surface area (Å²) in [4.78, 5) is 15.9. The highest BCUT2D eigenvalue weighted by Gasteiger charge is 2.31. The predicted octanol–water partition coefficient (Wildman–Crippen LogP) is 4.92. The van der Waals surface area contributed by atoms with E-state index >= 15 is 0 Å². The Morgan fingerprint density at radius 3 is 2.48 bits per heavy atom. The summed E-state index contributed by atoms with van der Waals surface area (Å²) in [6.07, 6.45) is 0.467. The fourth-order valence-corrected chi connectivity index (χ4v) is 4.76. The minimum absolute atomic E-state index is 0.0511. The third kappa shape index (κ3) is 3.77. The number of sulfonamides is 1. The molecule has 0 spiro atoms. The van der Waals surface area contributed by atoms with Crippen LogP contribution >= 0.6 is 0 Å². The quantitative estimate of drug-likeness (QED) is 0.460. The molecule has 0 saturated heterocycles. The zero-order chi connectivity index (χ0) is 22.2. The number of carboxylic acid groups (broad SMARTS) is 1. The van der Waals surface area contributed by atoms with Crippen LogP contribution in [0.1, 0.15) is 28.4 Å². The van der Waals surface area contributed by atoms with Gasteiger partial charge in [0.25, 0.3) is 10.0 Å². The highest BCUT2D eigenvalue weighted by Crippen LogP contribution is 2.34. The number of fused-ring (bicyclic) bond motifs is 1. The summed E-state index contributed by atoms with van der Waals surface area (Å²) in [5.74, 6) is -1.18. The Hall–Kier alpha value is -3.65. The Balaban J connectivity index is 1.93. The monoisotopic (exact) mass is 436 g/mol. The van der Waals surface area contributed by atoms with Gasteiger partial charge in [-0.1, -0.05) is 37.3 Å². The summed E-state index contributed by atoms with van der Waals surface area (Å²) in [7, 11) is -4.23. The minimum Gasteiger partial charge on any atom is -0.478 e. The first kappa shape index (κ1) is 20.6. The molecule has 0 aliphatic heterocycles. The number of benzene rings is 3. The molecule has 158 valence electrons. The number of carbonyl (C=O) groups is 1. The van der Waals surface area contributed by atoms with Gasteiger partial charge in [-0.2, -0.15) is 9.29 Å². The predicted molar refractivity (Wildman–Crippen MR) is 117 cm³/mol. The van der Waals surface area contributed by atoms with Gasteiger partial charge >= 0.3 is 12.0 Å². The van der Waals surface area contributed by atoms with Crippen molar-refractivity contribution in [2.24, 2.45) is 0 Å². The van der Waals surface area contributed by atoms with Crippen LogP contribution in [0.5, 0.6) is 0 Å². The molecule has 4 aromatic rings. The van der Waals surface area contributed by atoms with E-state index in [9.17, 15) is 18.3 Å². The number of nitrogens with zero attached hydrogens (tertiary/aromatic N) is 2. The summed E-state index contributed by atoms with van der Waals surface area (Å²) in [6, 6.07) is 17.8. The lowest BCUT2D eigenvalue weighted by Crippen LogP contribution is -2.27. The van der Waals surface area contributed by atoms with E-state index in [1.807, 2.05) is 19.9 Å². The SMILES string of the molecule is CCc1ccc(S(=O)(=O)N(c2ccccc2)c2nc3cc(C)ccc3o2)cc1C(=O)O. The van der Waals surface area contributed by atoms with Crippen molar-refractivity contribution in [3.05, 3.63) is 83.4 Å². The molecule has 0 saturated carbocycles. The summed E-state index contributed by atoms with van der Waals surface area (Å²) in [6.45, 7) is 3.72. The van der Waals surface area contributed by atoms with Crippen LogP contribution < -0.4 is 4.31 Å². The standard InChI is InChI=1S/C23H20N2O5S/c1-3-16-10-11-18(14-19(16)22(26)27)31(28,29)25(17-7-5-4-6-8-17)23-24-20-13-15(2)9-12-21(20)30-23/h4-14H,3H2,1-2H3,(H,26,27). The number of aryl methyl sites for hydroxylation is 2. The molecule has 4 rings (SSSR count). The molecule has 0 fully saturated rings. The molecule has 0 radical (unpaired) electrons. The Kier molecular flexibility index (Phi) is 5.24. The third-order valence-electron chi connectivity index (χ3n) is 4.93. The maximum absolute atomic E-state index is 13.7. The minimum atomic E-state index is -4.23. The van der Waals surface area contributed by atoms with Crippen LogP contribution in [0.25, 0.3) is 11.1 Å². The molecule has 3 aromatic carbocycles. The number of oxazole rings is 1. The maximum Gasteiger partial charge on any atom is 0.336 e. The van der Waals surface area contributed by atoms with Gasteiger partial charge < -0.3 is 9.52 Å². The zero-order valence-electron chi connectivity index (χ0n) is 16.9. The van der Waals surface area contributed by atoms with Gasteiger partial charge in [-0.15, -0.1) is 0 Å². The number of aromatic nitrogens is 1. The first-order chi connectivity index (χ1) is 14.8. The van der Waals surface area contributed by atoms with Crippen molar-refractivity contribution in [1.29, 1.82) is 0 Å². The fourth-order valence-electron chi connectivity index (χ4n) is 3.36. The van der Waals surface area contributed by atoms with Gasteiger partial charge in [-0.25, -0.2) is 13.2 Å². The highest BCUT2D eigenvalue weighted by molar-refractivity contribution is 7.93. The second kappa shape index (κ2) is 7.88. The van der Waals surface area contributed by atoms with Crippen molar-refractivity contribution in [2.75, 3.05) is 4.31 Å². The van der Waals surface area contributed by atoms with Crippen molar-refractivity contribution in [3.63, 3.8) is 0 Å². The van der Waals surface area contributed by atoms with Gasteiger partial charge in [-0.3, -0.25) is 0 Å². The van der Waals surface area contributed by atoms with E-state index in [4.69, 9.17) is 4.42 Å². The molecular weight excluding hydrogens is 416 g/mol. The second-order valence-corrected chi connectivity index (χ2v) is 8.84. The Labute approximate surface area is 179 Å². The summed E-state index contributed by atoms with van der Waals surface area (Å²) >= 11 is 0. The fraction of sp³-hybridized carbons (Fsp3) is 0.130. The number of anilines is 2. The van der Waals surface area contributed by atoms with Crippen molar-refractivity contribution in [1.82, 2.24) is 4.98 Å². The summed E-state index contributed by atoms with van der Waals surface area (Å²) in [5, 5.41) is 9.54. The van der Waals surface area contributed by atoms with Gasteiger partial charge in [0.15, 0.2) is 5.58 Å². The molecule has 0 amide bonds. The topological polar surface area (TPSA) is 101 Å². The number of hydrogen-bond donors (Lipinski definition) is 1. The lowest BCUT2D eigenvalue weighted by Gasteiger charge is -2.21. The Bertz CT molecular complexity index is 1380. The van der Waals surface area contributed by atoms with Crippen LogP contribution in [-0.2, 0) is 16.4 Å². The number of rotatable bonds is 6. The first-order valence-electron chi connectivity index (χ1n) is 9.65. The van der Waals surface area contributed by atoms with Gasteiger partial charge in [-0.05, 0) is 60.9 Å². The van der Waals surface area contributed by atoms with Crippen LogP contribution in [0.2, 0.25) is 0 Å². The average molecular weight is 436 g/mol. The Morgan fingerprint density at radius 2 is 1.81 bits per heavy atom. The van der Waals surface area contributed by atoms with Crippen LogP contribution in [0.15, 0.2) is 76.0 Å². The van der Waals surface area contributed by atoms with Crippen LogP contribution in [0, 0.1) is 6.92 Å². The van der Waals surface area contributed by atoms with Crippen molar-refractivity contribution >= 4 is 38.8 Å². The summed E-state index contributed by atoms with van der Waals surface area (Å²) < 4.78 is 34.2. The van der Waals surface area contributed by atoms with Crippen LogP contribution in [0.4, 0.5) is 11.7 Å². The van der Waals surface area contributed by atoms with Crippen LogP contribution in [-0.4, -0.2) is 24.5 Å². The van der Waals surface area contributed by atoms with E-state index in [1.165, 1.54) is 18.2 Å². The molecular formula is C23H20N2O5S. The molecule has 0 unspecified atom stereocenters. The van der Waals surface area contributed by atoms with Gasteiger partial charge in [0.05, 0.1) is 16.1 Å². The molecule has 0 aliphatic rings. The first-order valence-corrected chi connectivity index (χ1v) is 11.1. The smallest absolute Gasteiger partial charge is 0.336 e. The van der Waals surface area contributed by atoms with E-state index in [-0.39, 0.29) is 16.5 Å². The zero-order valence-corrected chi connectivity index (χ0v) is 17.8. The van der Waals surface area contributed by atoms with E-state index in [2.05, 4.69) is 4.98 Å². The van der Waals surface area contributed by atoms with Gasteiger partial charge in [0.2, 0.25) is 0 Å². The molecule has 31 heavy (non-hydrogen) atoms. The lowest BCUT2D eigenvalue weighted by atomic mass is 10.1. The molecule has 0 aliphatic carbocycles. The molecule has 0 bridgehead atoms. The highest BCUT2D eigenvalue weighted by atomic mass is 32.2. The summed E-state index contributed by atoms with van der Waals surface area (Å²) in [5.41, 5.74) is 2.76. The van der Waals surface area contributed by atoms with Crippen LogP contribution in [0.3, 0.4) is 0 Å². The van der Waals surface area contributed by atoms with E-state index in [0.717, 1.165) is 9.87 Å². The second-order valence-electron chi connectivity index (χ2n) is 7.05. The van der Waals surface area contributed by atoms with Gasteiger partial charge in [0.1, 0.15) is 5.52 Å². The molecule has 1 aromatic heterocycles. The van der Waals surface area contributed by atoms with Crippen molar-refractivity contribution < 1.29 is 22.7 Å². The maximum atomic E-state index is 13.7. The number of hydrogen-bond acceptors (Lipinski definition) is 5. The lowest BCUT2D eigenvalue weighted by molar-refractivity contribution is 0.0695.